The third-order valence-electron chi connectivity index (χ3n) is 8.59. The number of aromatic nitrogens is 1. The Balaban J connectivity index is 1.48. The Morgan fingerprint density at radius 3 is 2.85 bits per heavy atom. The van der Waals surface area contributed by atoms with Crippen molar-refractivity contribution in [3.63, 3.8) is 0 Å². The molecular weight excluding hydrogens is 318 g/mol. The molecule has 0 aliphatic heterocycles. The molecule has 0 amide bonds. The van der Waals surface area contributed by atoms with Gasteiger partial charge in [-0.05, 0) is 89.9 Å². The zero-order chi connectivity index (χ0) is 17.9. The lowest BCUT2D eigenvalue weighted by Gasteiger charge is -2.58. The third kappa shape index (κ3) is 2.17. The highest BCUT2D eigenvalue weighted by Crippen LogP contribution is 2.66. The first-order valence-electron chi connectivity index (χ1n) is 10.4. The topological polar surface area (TPSA) is 30.0 Å². The van der Waals surface area contributed by atoms with Crippen molar-refractivity contribution < 1.29 is 4.79 Å². The molecule has 1 aromatic rings. The summed E-state index contributed by atoms with van der Waals surface area (Å²) < 4.78 is 0. The van der Waals surface area contributed by atoms with Gasteiger partial charge in [-0.3, -0.25) is 9.78 Å². The number of carbonyl (C=O) groups is 1. The van der Waals surface area contributed by atoms with Gasteiger partial charge in [-0.1, -0.05) is 32.1 Å². The molecule has 2 saturated carbocycles. The second kappa shape index (κ2) is 5.65. The molecule has 1 aromatic heterocycles. The van der Waals surface area contributed by atoms with Crippen molar-refractivity contribution in [3.8, 4) is 0 Å². The van der Waals surface area contributed by atoms with Gasteiger partial charge < -0.3 is 0 Å². The van der Waals surface area contributed by atoms with Crippen molar-refractivity contribution in [2.24, 2.45) is 34.5 Å². The molecule has 0 radical (unpaired) electrons. The standard InChI is InChI=1S/C24H29NO/c1-23-11-9-18(26)14-17(23)5-6-19-21-8-7-20(16-4-3-13-25-15-16)24(21,2)12-10-22(19)23/h3-4,7,9,11,13,15,17,19,21-22H,5-6,8,10,12,14H2,1-2H3/t17-,19+,21+,22+,23+,24-/m1/s1. The molecule has 2 nitrogen and oxygen atoms in total. The van der Waals surface area contributed by atoms with Crippen molar-refractivity contribution >= 4 is 11.4 Å². The van der Waals surface area contributed by atoms with Gasteiger partial charge in [0.1, 0.15) is 0 Å². The lowest BCUT2D eigenvalue weighted by molar-refractivity contribution is -0.121. The first-order valence-corrected chi connectivity index (χ1v) is 10.4. The maximum absolute atomic E-state index is 12.0. The Bertz CT molecular complexity index is 794. The molecule has 2 heteroatoms. The number of rotatable bonds is 1. The molecule has 4 aliphatic rings. The van der Waals surface area contributed by atoms with Crippen LogP contribution >= 0.6 is 0 Å². The molecule has 26 heavy (non-hydrogen) atoms. The van der Waals surface area contributed by atoms with E-state index >= 15 is 0 Å². The molecule has 0 aromatic carbocycles. The number of allylic oxidation sites excluding steroid dienone is 4. The average molecular weight is 348 g/mol. The minimum atomic E-state index is 0.231. The largest absolute Gasteiger partial charge is 0.295 e. The summed E-state index contributed by atoms with van der Waals surface area (Å²) in [4.78, 5) is 16.3. The van der Waals surface area contributed by atoms with Crippen LogP contribution in [-0.4, -0.2) is 10.8 Å². The van der Waals surface area contributed by atoms with Gasteiger partial charge in [-0.25, -0.2) is 0 Å². The van der Waals surface area contributed by atoms with E-state index < -0.39 is 0 Å². The normalized spacial score (nSPS) is 44.1. The fourth-order valence-corrected chi connectivity index (χ4v) is 7.17. The van der Waals surface area contributed by atoms with E-state index in [4.69, 9.17) is 0 Å². The molecule has 0 N–H and O–H groups in total. The van der Waals surface area contributed by atoms with Crippen LogP contribution in [0.4, 0.5) is 0 Å². The Kier molecular flexibility index (Phi) is 3.58. The van der Waals surface area contributed by atoms with Crippen LogP contribution in [0.1, 0.15) is 57.9 Å². The van der Waals surface area contributed by atoms with Crippen LogP contribution in [0.15, 0.2) is 42.8 Å². The second-order valence-electron chi connectivity index (χ2n) is 9.57. The molecule has 1 heterocycles. The Hall–Kier alpha value is -1.70. The average Bonchev–Trinajstić information content (AvgIpc) is 3.00. The van der Waals surface area contributed by atoms with Gasteiger partial charge in [0.25, 0.3) is 0 Å². The van der Waals surface area contributed by atoms with Crippen LogP contribution in [0.5, 0.6) is 0 Å². The number of hydrogen-bond acceptors (Lipinski definition) is 2. The number of fused-ring (bicyclic) bond motifs is 5. The van der Waals surface area contributed by atoms with E-state index in [0.29, 0.717) is 17.1 Å². The van der Waals surface area contributed by atoms with Crippen molar-refractivity contribution in [3.05, 3.63) is 48.3 Å². The van der Waals surface area contributed by atoms with Crippen LogP contribution < -0.4 is 0 Å². The summed E-state index contributed by atoms with van der Waals surface area (Å²) in [5.74, 6) is 3.19. The quantitative estimate of drug-likeness (QED) is 0.675. The summed E-state index contributed by atoms with van der Waals surface area (Å²) in [7, 11) is 0. The summed E-state index contributed by atoms with van der Waals surface area (Å²) in [5.41, 5.74) is 3.38. The molecule has 0 saturated heterocycles. The summed E-state index contributed by atoms with van der Waals surface area (Å²) in [5, 5.41) is 0. The van der Waals surface area contributed by atoms with E-state index in [0.717, 1.165) is 24.2 Å². The summed E-state index contributed by atoms with van der Waals surface area (Å²) in [6.45, 7) is 4.96. The monoisotopic (exact) mass is 347 g/mol. The van der Waals surface area contributed by atoms with E-state index in [9.17, 15) is 4.79 Å². The van der Waals surface area contributed by atoms with Crippen molar-refractivity contribution in [2.45, 2.75) is 52.4 Å². The Morgan fingerprint density at radius 2 is 2.04 bits per heavy atom. The van der Waals surface area contributed by atoms with E-state index in [1.54, 1.807) is 0 Å². The van der Waals surface area contributed by atoms with Crippen molar-refractivity contribution in [2.75, 3.05) is 0 Å². The predicted octanol–water partition coefficient (Wildman–Crippen LogP) is 5.46. The summed E-state index contributed by atoms with van der Waals surface area (Å²) >= 11 is 0. The highest BCUT2D eigenvalue weighted by Gasteiger charge is 2.57. The van der Waals surface area contributed by atoms with Gasteiger partial charge >= 0.3 is 0 Å². The molecule has 4 aliphatic carbocycles. The van der Waals surface area contributed by atoms with Crippen LogP contribution in [0, 0.1) is 34.5 Å². The fourth-order valence-electron chi connectivity index (χ4n) is 7.17. The Morgan fingerprint density at radius 1 is 1.15 bits per heavy atom. The van der Waals surface area contributed by atoms with E-state index in [1.807, 2.05) is 18.5 Å². The van der Waals surface area contributed by atoms with Crippen LogP contribution in [-0.2, 0) is 4.79 Å². The first-order chi connectivity index (χ1) is 12.5. The maximum Gasteiger partial charge on any atom is 0.155 e. The number of hydrogen-bond donors (Lipinski definition) is 0. The minimum Gasteiger partial charge on any atom is -0.295 e. The smallest absolute Gasteiger partial charge is 0.155 e. The van der Waals surface area contributed by atoms with Crippen molar-refractivity contribution in [1.82, 2.24) is 4.98 Å². The van der Waals surface area contributed by atoms with E-state index in [1.165, 1.54) is 43.2 Å². The maximum atomic E-state index is 12.0. The number of ketones is 1. The molecule has 0 bridgehead atoms. The zero-order valence-corrected chi connectivity index (χ0v) is 15.9. The van der Waals surface area contributed by atoms with Gasteiger partial charge in [-0.15, -0.1) is 0 Å². The molecular formula is C24H29NO. The minimum absolute atomic E-state index is 0.231. The molecule has 6 atom stereocenters. The van der Waals surface area contributed by atoms with Crippen molar-refractivity contribution in [1.29, 1.82) is 0 Å². The first kappa shape index (κ1) is 16.5. The molecule has 0 unspecified atom stereocenters. The lowest BCUT2D eigenvalue weighted by Crippen LogP contribution is -2.51. The van der Waals surface area contributed by atoms with E-state index in [-0.39, 0.29) is 5.41 Å². The second-order valence-corrected chi connectivity index (χ2v) is 9.57. The summed E-state index contributed by atoms with van der Waals surface area (Å²) in [6, 6.07) is 4.29. The van der Waals surface area contributed by atoms with Gasteiger partial charge in [0, 0.05) is 18.8 Å². The number of nitrogens with zero attached hydrogens (tertiary/aromatic N) is 1. The molecule has 5 rings (SSSR count). The fraction of sp³-hybridized carbons (Fsp3) is 0.583. The van der Waals surface area contributed by atoms with Gasteiger partial charge in [-0.2, -0.15) is 0 Å². The molecule has 0 spiro atoms. The third-order valence-corrected chi connectivity index (χ3v) is 8.59. The van der Waals surface area contributed by atoms with Gasteiger partial charge in [0.2, 0.25) is 0 Å². The highest BCUT2D eigenvalue weighted by molar-refractivity contribution is 5.91. The van der Waals surface area contributed by atoms with Crippen LogP contribution in [0.25, 0.3) is 5.57 Å². The zero-order valence-electron chi connectivity index (χ0n) is 15.9. The lowest BCUT2D eigenvalue weighted by atomic mass is 9.46. The summed E-state index contributed by atoms with van der Waals surface area (Å²) in [6.07, 6.45) is 17.7. The van der Waals surface area contributed by atoms with E-state index in [2.05, 4.69) is 43.1 Å². The number of carbonyl (C=O) groups excluding carboxylic acids is 1. The Labute approximate surface area is 156 Å². The van der Waals surface area contributed by atoms with Crippen LogP contribution in [0.2, 0.25) is 0 Å². The molecule has 2 fully saturated rings. The van der Waals surface area contributed by atoms with Crippen LogP contribution in [0.3, 0.4) is 0 Å². The number of pyridine rings is 1. The highest BCUT2D eigenvalue weighted by atomic mass is 16.1. The van der Waals surface area contributed by atoms with Gasteiger partial charge in [0.15, 0.2) is 5.78 Å². The van der Waals surface area contributed by atoms with Gasteiger partial charge in [0.05, 0.1) is 0 Å². The SMILES string of the molecule is C[C@]12C=CC(=O)C[C@H]1CC[C@@H]1[C@@H]2CC[C@]2(C)C(c3cccnc3)=CC[C@@H]12. The predicted molar refractivity (Wildman–Crippen MR) is 104 cm³/mol. The molecule has 136 valence electrons.